The highest BCUT2D eigenvalue weighted by Crippen LogP contribution is 2.28. The van der Waals surface area contributed by atoms with E-state index in [0.29, 0.717) is 23.1 Å². The van der Waals surface area contributed by atoms with Crippen LogP contribution in [-0.2, 0) is 24.2 Å². The Morgan fingerprint density at radius 2 is 2.00 bits per heavy atom. The molecular weight excluding hydrogens is 404 g/mol. The van der Waals surface area contributed by atoms with Crippen LogP contribution in [0.4, 0.5) is 10.8 Å². The van der Waals surface area contributed by atoms with E-state index in [0.717, 1.165) is 35.6 Å². The molecule has 0 saturated carbocycles. The number of fused-ring (bicyclic) bond motifs is 1. The van der Waals surface area contributed by atoms with E-state index in [1.807, 2.05) is 35.7 Å². The first-order valence-corrected chi connectivity index (χ1v) is 11.2. The summed E-state index contributed by atoms with van der Waals surface area (Å²) in [4.78, 5) is 33.1. The van der Waals surface area contributed by atoms with Gasteiger partial charge in [0.2, 0.25) is 5.91 Å². The summed E-state index contributed by atoms with van der Waals surface area (Å²) in [6, 6.07) is 11.6. The van der Waals surface area contributed by atoms with Gasteiger partial charge in [-0.3, -0.25) is 19.8 Å². The quantitative estimate of drug-likeness (QED) is 0.624. The number of nitrogens with one attached hydrogen (secondary N) is 2. The smallest absolute Gasteiger partial charge is 0.267 e. The van der Waals surface area contributed by atoms with Crippen LogP contribution in [0.5, 0.6) is 0 Å². The molecule has 3 aromatic rings. The number of hydrogen-bond acceptors (Lipinski definition) is 6. The Labute approximate surface area is 177 Å². The molecule has 1 aliphatic heterocycles. The predicted molar refractivity (Wildman–Crippen MR) is 118 cm³/mol. The van der Waals surface area contributed by atoms with Crippen molar-refractivity contribution in [2.75, 3.05) is 23.7 Å². The first-order valence-electron chi connectivity index (χ1n) is 9.55. The van der Waals surface area contributed by atoms with Crippen molar-refractivity contribution in [1.29, 1.82) is 0 Å². The van der Waals surface area contributed by atoms with Gasteiger partial charge in [0.05, 0.1) is 17.1 Å². The highest BCUT2D eigenvalue weighted by atomic mass is 32.1. The van der Waals surface area contributed by atoms with Crippen LogP contribution in [0, 0.1) is 0 Å². The maximum absolute atomic E-state index is 12.4. The van der Waals surface area contributed by atoms with Crippen molar-refractivity contribution in [3.05, 3.63) is 62.8 Å². The van der Waals surface area contributed by atoms with Gasteiger partial charge in [0, 0.05) is 30.1 Å². The molecule has 2 aromatic heterocycles. The molecule has 150 valence electrons. The van der Waals surface area contributed by atoms with Gasteiger partial charge in [-0.2, -0.15) is 0 Å². The molecular formula is C21H22N4O2S2. The summed E-state index contributed by atoms with van der Waals surface area (Å²) in [7, 11) is 0. The van der Waals surface area contributed by atoms with Gasteiger partial charge in [-0.15, -0.1) is 22.7 Å². The maximum atomic E-state index is 12.4. The van der Waals surface area contributed by atoms with Crippen LogP contribution in [-0.4, -0.2) is 34.8 Å². The zero-order chi connectivity index (χ0) is 20.2. The molecule has 8 heteroatoms. The summed E-state index contributed by atoms with van der Waals surface area (Å²) >= 11 is 2.90. The van der Waals surface area contributed by atoms with Gasteiger partial charge in [-0.1, -0.05) is 25.1 Å². The molecule has 4 rings (SSSR count). The van der Waals surface area contributed by atoms with Crippen molar-refractivity contribution in [2.45, 2.75) is 26.3 Å². The van der Waals surface area contributed by atoms with Gasteiger partial charge in [0.15, 0.2) is 5.13 Å². The third-order valence-electron chi connectivity index (χ3n) is 4.79. The van der Waals surface area contributed by atoms with E-state index in [1.165, 1.54) is 28.2 Å². The number of amides is 2. The minimum atomic E-state index is -0.128. The van der Waals surface area contributed by atoms with Crippen LogP contribution in [0.1, 0.15) is 32.7 Å². The molecule has 0 fully saturated rings. The minimum absolute atomic E-state index is 0.0200. The lowest BCUT2D eigenvalue weighted by molar-refractivity contribution is -0.117. The lowest BCUT2D eigenvalue weighted by Gasteiger charge is -2.25. The number of hydrogen-bond donors (Lipinski definition) is 2. The van der Waals surface area contributed by atoms with Crippen molar-refractivity contribution in [3.8, 4) is 0 Å². The molecule has 1 aliphatic rings. The molecule has 1 aromatic carbocycles. The molecule has 0 radical (unpaired) electrons. The third kappa shape index (κ3) is 4.90. The fraction of sp³-hybridized carbons (Fsp3) is 0.286. The van der Waals surface area contributed by atoms with Gasteiger partial charge < -0.3 is 5.32 Å². The minimum Gasteiger partial charge on any atom is -0.325 e. The number of benzene rings is 1. The van der Waals surface area contributed by atoms with Crippen molar-refractivity contribution in [3.63, 3.8) is 0 Å². The maximum Gasteiger partial charge on any atom is 0.267 e. The van der Waals surface area contributed by atoms with Crippen molar-refractivity contribution < 1.29 is 9.59 Å². The zero-order valence-electron chi connectivity index (χ0n) is 16.1. The van der Waals surface area contributed by atoms with Crippen LogP contribution >= 0.6 is 22.7 Å². The Morgan fingerprint density at radius 3 is 2.72 bits per heavy atom. The van der Waals surface area contributed by atoms with Gasteiger partial charge in [-0.25, -0.2) is 4.98 Å². The van der Waals surface area contributed by atoms with Crippen LogP contribution in [0.2, 0.25) is 0 Å². The second-order valence-electron chi connectivity index (χ2n) is 6.88. The number of carbonyl (C=O) groups excluding carboxylic acids is 2. The largest absolute Gasteiger partial charge is 0.325 e. The van der Waals surface area contributed by atoms with Gasteiger partial charge in [0.1, 0.15) is 0 Å². The Hall–Kier alpha value is -2.55. The topological polar surface area (TPSA) is 74.3 Å². The monoisotopic (exact) mass is 426 g/mol. The summed E-state index contributed by atoms with van der Waals surface area (Å²) in [5.41, 5.74) is 3.09. The average Bonchev–Trinajstić information content (AvgIpc) is 3.37. The third-order valence-corrected chi connectivity index (χ3v) is 6.66. The molecule has 3 heterocycles. The molecule has 0 bridgehead atoms. The Kier molecular flexibility index (Phi) is 6.03. The van der Waals surface area contributed by atoms with E-state index in [9.17, 15) is 9.59 Å². The Bertz CT molecular complexity index is 996. The van der Waals surface area contributed by atoms with Gasteiger partial charge >= 0.3 is 0 Å². The summed E-state index contributed by atoms with van der Waals surface area (Å²) in [6.07, 6.45) is 1.76. The normalized spacial score (nSPS) is 13.7. The Balaban J connectivity index is 1.32. The van der Waals surface area contributed by atoms with Crippen LogP contribution in [0.3, 0.4) is 0 Å². The van der Waals surface area contributed by atoms with Crippen molar-refractivity contribution in [2.24, 2.45) is 0 Å². The van der Waals surface area contributed by atoms with E-state index < -0.39 is 0 Å². The van der Waals surface area contributed by atoms with Gasteiger partial charge in [-0.05, 0) is 35.6 Å². The summed E-state index contributed by atoms with van der Waals surface area (Å²) < 4.78 is 0. The molecule has 0 spiro atoms. The van der Waals surface area contributed by atoms with Crippen molar-refractivity contribution >= 4 is 45.3 Å². The summed E-state index contributed by atoms with van der Waals surface area (Å²) in [5.74, 6) is -0.148. The molecule has 2 N–H and O–H groups in total. The van der Waals surface area contributed by atoms with Crippen LogP contribution < -0.4 is 10.6 Å². The number of thiophene rings is 1. The second-order valence-corrected chi connectivity index (χ2v) is 8.91. The lowest BCUT2D eigenvalue weighted by Crippen LogP contribution is -2.36. The molecule has 0 unspecified atom stereocenters. The molecule has 0 saturated heterocycles. The average molecular weight is 427 g/mol. The first-order chi connectivity index (χ1) is 14.1. The standard InChI is InChI=1S/C21H22N4O2S2/c1-2-14-5-7-15(8-6-14)22-19(26)13-25-10-9-16-18(12-25)29-21(23-16)24-20(27)17-4-3-11-28-17/h3-8,11H,2,9-10,12-13H2,1H3,(H,22,26)(H,23,24,27). The SMILES string of the molecule is CCc1ccc(NC(=O)CN2CCc3nc(NC(=O)c4cccs4)sc3C2)cc1. The number of aromatic nitrogens is 1. The summed E-state index contributed by atoms with van der Waals surface area (Å²) in [5, 5.41) is 8.34. The van der Waals surface area contributed by atoms with Gasteiger partial charge in [0.25, 0.3) is 5.91 Å². The number of rotatable bonds is 6. The van der Waals surface area contributed by atoms with Crippen LogP contribution in [0.15, 0.2) is 41.8 Å². The highest BCUT2D eigenvalue weighted by molar-refractivity contribution is 7.16. The first kappa shape index (κ1) is 19.8. The summed E-state index contributed by atoms with van der Waals surface area (Å²) in [6.45, 7) is 3.89. The highest BCUT2D eigenvalue weighted by Gasteiger charge is 2.23. The fourth-order valence-electron chi connectivity index (χ4n) is 3.23. The molecule has 6 nitrogen and oxygen atoms in total. The van der Waals surface area contributed by atoms with E-state index in [-0.39, 0.29) is 11.8 Å². The number of thiazole rings is 1. The van der Waals surface area contributed by atoms with Crippen LogP contribution in [0.25, 0.3) is 0 Å². The zero-order valence-corrected chi connectivity index (χ0v) is 17.7. The molecule has 29 heavy (non-hydrogen) atoms. The van der Waals surface area contributed by atoms with Crippen molar-refractivity contribution in [1.82, 2.24) is 9.88 Å². The fourth-order valence-corrected chi connectivity index (χ4v) is 4.90. The van der Waals surface area contributed by atoms with E-state index in [4.69, 9.17) is 0 Å². The predicted octanol–water partition coefficient (Wildman–Crippen LogP) is 4.02. The number of carbonyl (C=O) groups is 2. The molecule has 0 atom stereocenters. The van der Waals surface area contributed by atoms with E-state index >= 15 is 0 Å². The number of anilines is 2. The number of aryl methyl sites for hydroxylation is 1. The lowest BCUT2D eigenvalue weighted by atomic mass is 10.1. The Morgan fingerprint density at radius 1 is 1.17 bits per heavy atom. The number of nitrogens with zero attached hydrogens (tertiary/aromatic N) is 2. The molecule has 2 amide bonds. The van der Waals surface area contributed by atoms with E-state index in [1.54, 1.807) is 6.07 Å². The molecule has 0 aliphatic carbocycles. The van der Waals surface area contributed by atoms with E-state index in [2.05, 4.69) is 27.4 Å². The second kappa shape index (κ2) is 8.86.